The van der Waals surface area contributed by atoms with Crippen LogP contribution in [-0.4, -0.2) is 10.9 Å². The second kappa shape index (κ2) is 5.43. The Morgan fingerprint density at radius 1 is 1.50 bits per heavy atom. The molecule has 0 unspecified atom stereocenters. The quantitative estimate of drug-likeness (QED) is 0.879. The van der Waals surface area contributed by atoms with Crippen LogP contribution in [0.25, 0.3) is 0 Å². The van der Waals surface area contributed by atoms with E-state index in [-0.39, 0.29) is 11.8 Å². The maximum atomic E-state index is 11.8. The Bertz CT molecular complexity index is 356. The third kappa shape index (κ3) is 3.04. The van der Waals surface area contributed by atoms with E-state index in [1.54, 1.807) is 11.3 Å². The van der Waals surface area contributed by atoms with E-state index >= 15 is 0 Å². The Kier molecular flexibility index (Phi) is 3.93. The Labute approximate surface area is 100 Å². The molecule has 3 nitrogen and oxygen atoms in total. The second-order valence-electron chi connectivity index (χ2n) is 4.42. The summed E-state index contributed by atoms with van der Waals surface area (Å²) in [6, 6.07) is 0. The number of carbonyl (C=O) groups excluding carboxylic acids is 1. The lowest BCUT2D eigenvalue weighted by Crippen LogP contribution is -2.31. The van der Waals surface area contributed by atoms with Gasteiger partial charge in [-0.05, 0) is 19.8 Å². The van der Waals surface area contributed by atoms with Gasteiger partial charge in [0.25, 0.3) is 0 Å². The number of hydrogen-bond acceptors (Lipinski definition) is 3. The lowest BCUT2D eigenvalue weighted by atomic mass is 9.89. The number of aromatic nitrogens is 1. The van der Waals surface area contributed by atoms with Gasteiger partial charge in [0.2, 0.25) is 5.91 Å². The van der Waals surface area contributed by atoms with E-state index in [1.807, 2.05) is 13.1 Å². The van der Waals surface area contributed by atoms with Crippen molar-refractivity contribution in [2.45, 2.75) is 45.6 Å². The first-order valence-electron chi connectivity index (χ1n) is 5.95. The Morgan fingerprint density at radius 3 is 2.88 bits per heavy atom. The largest absolute Gasteiger partial charge is 0.349 e. The van der Waals surface area contributed by atoms with Gasteiger partial charge in [-0.15, -0.1) is 11.3 Å². The van der Waals surface area contributed by atoms with Crippen molar-refractivity contribution in [1.82, 2.24) is 10.3 Å². The van der Waals surface area contributed by atoms with E-state index in [0.717, 1.165) is 17.8 Å². The topological polar surface area (TPSA) is 42.0 Å². The van der Waals surface area contributed by atoms with Gasteiger partial charge < -0.3 is 5.32 Å². The van der Waals surface area contributed by atoms with Crippen LogP contribution in [0.5, 0.6) is 0 Å². The molecule has 88 valence electrons. The van der Waals surface area contributed by atoms with Gasteiger partial charge >= 0.3 is 0 Å². The molecular formula is C12H18N2OS. The summed E-state index contributed by atoms with van der Waals surface area (Å²) < 4.78 is 0. The van der Waals surface area contributed by atoms with Crippen LogP contribution in [0.3, 0.4) is 0 Å². The van der Waals surface area contributed by atoms with Crippen molar-refractivity contribution in [1.29, 1.82) is 0 Å². The van der Waals surface area contributed by atoms with E-state index in [2.05, 4.69) is 10.3 Å². The molecule has 0 saturated heterocycles. The lowest BCUT2D eigenvalue weighted by molar-refractivity contribution is -0.126. The minimum absolute atomic E-state index is 0.215. The minimum Gasteiger partial charge on any atom is -0.349 e. The summed E-state index contributed by atoms with van der Waals surface area (Å²) in [5.74, 6) is 0.461. The summed E-state index contributed by atoms with van der Waals surface area (Å²) in [6.07, 6.45) is 7.66. The SMILES string of the molecule is Cc1cnc(CNC(=O)C2CCCCC2)s1. The summed E-state index contributed by atoms with van der Waals surface area (Å²) in [5, 5.41) is 3.99. The summed E-state index contributed by atoms with van der Waals surface area (Å²) >= 11 is 1.65. The number of aryl methyl sites for hydroxylation is 1. The first-order chi connectivity index (χ1) is 7.75. The number of amides is 1. The van der Waals surface area contributed by atoms with Crippen LogP contribution in [0.15, 0.2) is 6.20 Å². The second-order valence-corrected chi connectivity index (χ2v) is 5.74. The number of carbonyl (C=O) groups is 1. The van der Waals surface area contributed by atoms with Crippen LogP contribution in [0.2, 0.25) is 0 Å². The predicted molar refractivity (Wildman–Crippen MR) is 65.3 cm³/mol. The van der Waals surface area contributed by atoms with Crippen molar-refractivity contribution in [2.75, 3.05) is 0 Å². The molecule has 1 aromatic rings. The van der Waals surface area contributed by atoms with Gasteiger partial charge in [-0.3, -0.25) is 4.79 Å². The fourth-order valence-corrected chi connectivity index (χ4v) is 2.88. The van der Waals surface area contributed by atoms with Gasteiger partial charge in [0.1, 0.15) is 5.01 Å². The third-order valence-electron chi connectivity index (χ3n) is 3.06. The van der Waals surface area contributed by atoms with Crippen LogP contribution < -0.4 is 5.32 Å². The number of thiazole rings is 1. The number of nitrogens with zero attached hydrogens (tertiary/aromatic N) is 1. The van der Waals surface area contributed by atoms with Crippen molar-refractivity contribution in [2.24, 2.45) is 5.92 Å². The van der Waals surface area contributed by atoms with E-state index in [4.69, 9.17) is 0 Å². The zero-order chi connectivity index (χ0) is 11.4. The van der Waals surface area contributed by atoms with Gasteiger partial charge in [-0.1, -0.05) is 19.3 Å². The summed E-state index contributed by atoms with van der Waals surface area (Å²) in [7, 11) is 0. The Balaban J connectivity index is 1.78. The summed E-state index contributed by atoms with van der Waals surface area (Å²) in [4.78, 5) is 17.3. The van der Waals surface area contributed by atoms with Crippen LogP contribution in [0.4, 0.5) is 0 Å². The predicted octanol–water partition coefficient (Wildman–Crippen LogP) is 2.65. The van der Waals surface area contributed by atoms with E-state index < -0.39 is 0 Å². The maximum Gasteiger partial charge on any atom is 0.223 e. The highest BCUT2D eigenvalue weighted by Gasteiger charge is 2.20. The molecule has 1 heterocycles. The highest BCUT2D eigenvalue weighted by atomic mass is 32.1. The molecule has 1 aromatic heterocycles. The molecule has 4 heteroatoms. The van der Waals surface area contributed by atoms with E-state index in [1.165, 1.54) is 24.1 Å². The minimum atomic E-state index is 0.215. The van der Waals surface area contributed by atoms with E-state index in [9.17, 15) is 4.79 Å². The van der Waals surface area contributed by atoms with Gasteiger partial charge in [-0.25, -0.2) is 4.98 Å². The molecule has 1 amide bonds. The zero-order valence-corrected chi connectivity index (χ0v) is 10.5. The van der Waals surface area contributed by atoms with Gasteiger partial charge in [0, 0.05) is 17.0 Å². The van der Waals surface area contributed by atoms with Crippen LogP contribution in [0.1, 0.15) is 42.0 Å². The van der Waals surface area contributed by atoms with Gasteiger partial charge in [0.15, 0.2) is 0 Å². The maximum absolute atomic E-state index is 11.8. The molecule has 0 atom stereocenters. The van der Waals surface area contributed by atoms with Crippen LogP contribution >= 0.6 is 11.3 Å². The van der Waals surface area contributed by atoms with Crippen molar-refractivity contribution < 1.29 is 4.79 Å². The normalized spacial score (nSPS) is 17.3. The standard InChI is InChI=1S/C12H18N2OS/c1-9-7-13-11(16-9)8-14-12(15)10-5-3-2-4-6-10/h7,10H,2-6,8H2,1H3,(H,14,15). The number of rotatable bonds is 3. The molecule has 2 rings (SSSR count). The van der Waals surface area contributed by atoms with Crippen molar-refractivity contribution in [3.8, 4) is 0 Å². The average molecular weight is 238 g/mol. The van der Waals surface area contributed by atoms with Crippen molar-refractivity contribution >= 4 is 17.2 Å². The molecule has 0 spiro atoms. The zero-order valence-electron chi connectivity index (χ0n) is 9.66. The Morgan fingerprint density at radius 2 is 2.25 bits per heavy atom. The van der Waals surface area contributed by atoms with Crippen molar-refractivity contribution in [3.05, 3.63) is 16.1 Å². The molecule has 0 radical (unpaired) electrons. The molecule has 1 saturated carbocycles. The molecule has 1 N–H and O–H groups in total. The molecule has 0 aliphatic heterocycles. The van der Waals surface area contributed by atoms with Crippen molar-refractivity contribution in [3.63, 3.8) is 0 Å². The van der Waals surface area contributed by atoms with Gasteiger partial charge in [-0.2, -0.15) is 0 Å². The number of nitrogens with one attached hydrogen (secondary N) is 1. The smallest absolute Gasteiger partial charge is 0.223 e. The van der Waals surface area contributed by atoms with E-state index in [0.29, 0.717) is 6.54 Å². The monoisotopic (exact) mass is 238 g/mol. The molecular weight excluding hydrogens is 220 g/mol. The molecule has 1 aliphatic rings. The highest BCUT2D eigenvalue weighted by molar-refractivity contribution is 7.11. The summed E-state index contributed by atoms with van der Waals surface area (Å²) in [6.45, 7) is 2.62. The molecule has 16 heavy (non-hydrogen) atoms. The molecule has 0 aromatic carbocycles. The number of hydrogen-bond donors (Lipinski definition) is 1. The fraction of sp³-hybridized carbons (Fsp3) is 0.667. The average Bonchev–Trinajstić information content (AvgIpc) is 2.73. The van der Waals surface area contributed by atoms with Crippen LogP contribution in [-0.2, 0) is 11.3 Å². The van der Waals surface area contributed by atoms with Crippen LogP contribution in [0, 0.1) is 12.8 Å². The molecule has 0 bridgehead atoms. The molecule has 1 aliphatic carbocycles. The lowest BCUT2D eigenvalue weighted by Gasteiger charge is -2.20. The Hall–Kier alpha value is -0.900. The highest BCUT2D eigenvalue weighted by Crippen LogP contribution is 2.23. The fourth-order valence-electron chi connectivity index (χ4n) is 2.16. The molecule has 1 fully saturated rings. The first-order valence-corrected chi connectivity index (χ1v) is 6.76. The summed E-state index contributed by atoms with van der Waals surface area (Å²) in [5.41, 5.74) is 0. The first kappa shape index (κ1) is 11.6. The van der Waals surface area contributed by atoms with Gasteiger partial charge in [0.05, 0.1) is 6.54 Å². The third-order valence-corrected chi connectivity index (χ3v) is 3.97.